The Morgan fingerprint density at radius 1 is 1.36 bits per heavy atom. The van der Waals surface area contributed by atoms with E-state index in [0.29, 0.717) is 6.61 Å². The third kappa shape index (κ3) is 53.6. The molecular formula is C8H18LiOPb. The van der Waals surface area contributed by atoms with Crippen molar-refractivity contribution in [3.8, 4) is 0 Å². The van der Waals surface area contributed by atoms with Crippen LogP contribution < -0.4 is 18.9 Å². The van der Waals surface area contributed by atoms with Crippen LogP contribution in [0.4, 0.5) is 0 Å². The Hall–Kier alpha value is 1.22. The van der Waals surface area contributed by atoms with Gasteiger partial charge in [0.15, 0.2) is 0 Å². The molecule has 0 saturated heterocycles. The first-order valence-corrected chi connectivity index (χ1v) is 15.2. The van der Waals surface area contributed by atoms with E-state index in [1.165, 1.54) is 6.08 Å². The molecule has 0 N–H and O–H groups in total. The SMILES string of the molecule is [CH-]=CCOCC.[CH3][Pb]([CH3])[CH3].[Li+]. The van der Waals surface area contributed by atoms with Gasteiger partial charge in [-0.15, -0.1) is 0 Å². The molecule has 0 unspecified atom stereocenters. The molecule has 0 aliphatic carbocycles. The van der Waals surface area contributed by atoms with Crippen LogP contribution in [-0.4, -0.2) is 35.9 Å². The molecule has 0 bridgehead atoms. The van der Waals surface area contributed by atoms with Crippen molar-refractivity contribution in [2.75, 3.05) is 13.2 Å². The van der Waals surface area contributed by atoms with E-state index in [1.54, 1.807) is 0 Å². The summed E-state index contributed by atoms with van der Waals surface area (Å²) in [5, 5.41) is 0. The van der Waals surface area contributed by atoms with Crippen molar-refractivity contribution in [2.24, 2.45) is 0 Å². The first-order valence-electron chi connectivity index (χ1n) is 3.53. The van der Waals surface area contributed by atoms with Gasteiger partial charge in [-0.2, -0.15) is 0 Å². The van der Waals surface area contributed by atoms with E-state index in [-0.39, 0.29) is 18.9 Å². The Labute approximate surface area is 91.9 Å². The first-order chi connectivity index (χ1) is 4.65. The van der Waals surface area contributed by atoms with E-state index in [2.05, 4.69) is 13.4 Å². The summed E-state index contributed by atoms with van der Waals surface area (Å²) in [4.78, 5) is 0. The van der Waals surface area contributed by atoms with E-state index in [0.717, 1.165) is 6.61 Å². The van der Waals surface area contributed by atoms with Crippen LogP contribution >= 0.6 is 0 Å². The average molecular weight is 344 g/mol. The molecule has 0 spiro atoms. The van der Waals surface area contributed by atoms with Crippen molar-refractivity contribution < 1.29 is 23.6 Å². The fourth-order valence-corrected chi connectivity index (χ4v) is 0.186. The molecule has 0 amide bonds. The molecule has 0 aliphatic heterocycles. The standard InChI is InChI=1S/C5H9O.3CH3.Li.Pb/c1-3-5-6-4-2;;;;;/h1,3H,4-5H2,2H3;3*1H3;;/q-1;;;;+1;. The molecule has 0 heterocycles. The minimum Gasteiger partial charge on any atom is 1.00 e. The van der Waals surface area contributed by atoms with Crippen LogP contribution in [0.2, 0.25) is 13.4 Å². The van der Waals surface area contributed by atoms with Crippen molar-refractivity contribution in [3.63, 3.8) is 0 Å². The third-order valence-electron chi connectivity index (χ3n) is 0.418. The quantitative estimate of drug-likeness (QED) is 0.377. The maximum Gasteiger partial charge on any atom is 1.00 e. The molecule has 0 rings (SSSR count). The Morgan fingerprint density at radius 2 is 1.73 bits per heavy atom. The van der Waals surface area contributed by atoms with Crippen molar-refractivity contribution in [2.45, 2.75) is 20.4 Å². The molecule has 11 heavy (non-hydrogen) atoms. The second-order valence-corrected chi connectivity index (χ2v) is 14.1. The van der Waals surface area contributed by atoms with Gasteiger partial charge in [0.05, 0.1) is 0 Å². The van der Waals surface area contributed by atoms with Crippen LogP contribution in [0.15, 0.2) is 6.08 Å². The Kier molecular flexibility index (Phi) is 28.5. The minimum atomic E-state index is -0.657. The predicted molar refractivity (Wildman–Crippen MR) is 48.7 cm³/mol. The monoisotopic (exact) mass is 345 g/mol. The van der Waals surface area contributed by atoms with E-state index in [9.17, 15) is 0 Å². The van der Waals surface area contributed by atoms with Crippen LogP contribution in [0.25, 0.3) is 0 Å². The van der Waals surface area contributed by atoms with Crippen LogP contribution in [0.1, 0.15) is 6.92 Å². The fourth-order valence-electron chi connectivity index (χ4n) is 0.186. The number of hydrogen-bond acceptors (Lipinski definition) is 1. The number of hydrogen-bond donors (Lipinski definition) is 0. The largest absolute Gasteiger partial charge is 1.00 e. The van der Waals surface area contributed by atoms with E-state index < -0.39 is 22.7 Å². The fraction of sp³-hybridized carbons (Fsp3) is 0.750. The van der Waals surface area contributed by atoms with Gasteiger partial charge in [0, 0.05) is 13.2 Å². The van der Waals surface area contributed by atoms with Gasteiger partial charge in [-0.1, -0.05) is 0 Å². The third-order valence-corrected chi connectivity index (χ3v) is 0.418. The van der Waals surface area contributed by atoms with E-state index >= 15 is 0 Å². The van der Waals surface area contributed by atoms with Crippen LogP contribution in [0.3, 0.4) is 0 Å². The molecule has 61 valence electrons. The average Bonchev–Trinajstić information content (AvgIpc) is 1.82. The summed E-state index contributed by atoms with van der Waals surface area (Å²) >= 11 is -0.657. The van der Waals surface area contributed by atoms with Crippen LogP contribution in [0.5, 0.6) is 0 Å². The zero-order chi connectivity index (χ0) is 8.41. The van der Waals surface area contributed by atoms with Crippen molar-refractivity contribution in [1.29, 1.82) is 0 Å². The van der Waals surface area contributed by atoms with Crippen LogP contribution in [-0.2, 0) is 4.74 Å². The second-order valence-electron chi connectivity index (χ2n) is 2.40. The summed E-state index contributed by atoms with van der Waals surface area (Å²) in [5.41, 5.74) is 0. The molecule has 3 heteroatoms. The second kappa shape index (κ2) is 17.3. The molecule has 1 nitrogen and oxygen atoms in total. The molecule has 1 radical (unpaired) electrons. The van der Waals surface area contributed by atoms with Gasteiger partial charge in [-0.3, -0.25) is 0 Å². The molecule has 0 fully saturated rings. The summed E-state index contributed by atoms with van der Waals surface area (Å²) in [5.74, 6) is 0. The van der Waals surface area contributed by atoms with Crippen molar-refractivity contribution in [1.82, 2.24) is 0 Å². The molecule has 0 saturated carbocycles. The number of rotatable bonds is 3. The van der Waals surface area contributed by atoms with E-state index in [1.807, 2.05) is 6.92 Å². The smallest absolute Gasteiger partial charge is 1.00 e. The Morgan fingerprint density at radius 3 is 1.82 bits per heavy atom. The van der Waals surface area contributed by atoms with Gasteiger partial charge in [0.1, 0.15) is 0 Å². The van der Waals surface area contributed by atoms with E-state index in [4.69, 9.17) is 11.3 Å². The zero-order valence-corrected chi connectivity index (χ0v) is 12.4. The number of ether oxygens (including phenoxy) is 1. The van der Waals surface area contributed by atoms with Crippen molar-refractivity contribution >= 4 is 22.7 Å². The molecule has 0 aromatic heterocycles. The summed E-state index contributed by atoms with van der Waals surface area (Å²) < 4.78 is 11.9. The van der Waals surface area contributed by atoms with Crippen molar-refractivity contribution in [3.05, 3.63) is 12.7 Å². The maximum atomic E-state index is 4.96. The van der Waals surface area contributed by atoms with Gasteiger partial charge >= 0.3 is 55.0 Å². The Bertz CT molecular complexity index is 64.4. The van der Waals surface area contributed by atoms with Gasteiger partial charge in [0.2, 0.25) is 0 Å². The predicted octanol–water partition coefficient (Wildman–Crippen LogP) is -0.613. The first kappa shape index (κ1) is 18.1. The molecular weight excluding hydrogens is 326 g/mol. The zero-order valence-electron chi connectivity index (χ0n) is 8.48. The Balaban J connectivity index is -0.000000114. The van der Waals surface area contributed by atoms with Gasteiger partial charge < -0.3 is 11.3 Å². The summed E-state index contributed by atoms with van der Waals surface area (Å²) in [7, 11) is 0. The summed E-state index contributed by atoms with van der Waals surface area (Å²) in [6.07, 6.45) is 1.49. The molecule has 0 aromatic rings. The summed E-state index contributed by atoms with van der Waals surface area (Å²) in [6, 6.07) is 0. The topological polar surface area (TPSA) is 9.23 Å². The van der Waals surface area contributed by atoms with Gasteiger partial charge in [-0.05, 0) is 6.92 Å². The maximum absolute atomic E-state index is 4.96. The normalized spacial score (nSPS) is 7.73. The van der Waals surface area contributed by atoms with Gasteiger partial charge in [0.25, 0.3) is 0 Å². The molecule has 0 aliphatic rings. The minimum absolute atomic E-state index is 0. The molecule has 0 aromatic carbocycles. The van der Waals surface area contributed by atoms with Crippen LogP contribution in [0, 0.1) is 6.58 Å². The summed E-state index contributed by atoms with van der Waals surface area (Å²) in [6.45, 7) is 8.21. The van der Waals surface area contributed by atoms with Gasteiger partial charge in [-0.25, -0.2) is 6.08 Å². The molecule has 0 atom stereocenters.